The maximum absolute atomic E-state index is 13.4. The van der Waals surface area contributed by atoms with Crippen LogP contribution < -0.4 is 5.14 Å². The van der Waals surface area contributed by atoms with E-state index in [1.54, 1.807) is 0 Å². The number of rotatable bonds is 4. The number of carbonyl (C=O) groups is 1. The predicted octanol–water partition coefficient (Wildman–Crippen LogP) is 2.63. The van der Waals surface area contributed by atoms with Gasteiger partial charge in [-0.2, -0.15) is 0 Å². The Morgan fingerprint density at radius 1 is 1.42 bits per heavy atom. The highest BCUT2D eigenvalue weighted by atomic mass is 32.2. The molecule has 1 atom stereocenters. The van der Waals surface area contributed by atoms with E-state index in [0.29, 0.717) is 12.5 Å². The number of hydrogen-bond donors (Lipinski definition) is 1. The lowest BCUT2D eigenvalue weighted by molar-refractivity contribution is -0.117. The molecule has 0 heterocycles. The molecule has 7 heteroatoms. The Hall–Kier alpha value is -1.34. The summed E-state index contributed by atoms with van der Waals surface area (Å²) >= 11 is 0. The summed E-state index contributed by atoms with van der Waals surface area (Å²) in [6.45, 7) is 3.83. The number of halogens is 2. The highest BCUT2D eigenvalue weighted by Crippen LogP contribution is 2.16. The monoisotopic (exact) mass is 290 g/mol. The minimum Gasteiger partial charge on any atom is -0.272 e. The van der Waals surface area contributed by atoms with Gasteiger partial charge in [0, 0.05) is 6.42 Å². The fourth-order valence-electron chi connectivity index (χ4n) is 1.36. The van der Waals surface area contributed by atoms with E-state index in [1.165, 1.54) is 0 Å². The van der Waals surface area contributed by atoms with E-state index in [1.807, 2.05) is 13.8 Å². The Bertz CT molecular complexity index is 593. The predicted molar refractivity (Wildman–Crippen MR) is 68.5 cm³/mol. The first kappa shape index (κ1) is 15.7. The Morgan fingerprint density at radius 3 is 2.63 bits per heavy atom. The van der Waals surface area contributed by atoms with Crippen LogP contribution in [-0.2, 0) is 14.7 Å². The Labute approximate surface area is 111 Å². The fraction of sp³-hybridized carbons (Fsp3) is 0.417. The van der Waals surface area contributed by atoms with Gasteiger partial charge in [-0.15, -0.1) is 4.36 Å². The standard InChI is InChI=1S/C12H16F2N2O2S/c1-8(2)3-6-12(17)16-19(15,18)11-7-9(13)4-5-10(11)14/h4-5,7-8H,3,6H2,1-2H3,(H2,15,16,17,18). The van der Waals surface area contributed by atoms with E-state index in [-0.39, 0.29) is 12.3 Å². The molecule has 0 aliphatic heterocycles. The summed E-state index contributed by atoms with van der Waals surface area (Å²) in [5, 5.41) is 5.35. The first-order valence-electron chi connectivity index (χ1n) is 5.75. The zero-order chi connectivity index (χ0) is 14.6. The van der Waals surface area contributed by atoms with Crippen molar-refractivity contribution in [3.05, 3.63) is 29.8 Å². The maximum atomic E-state index is 13.4. The lowest BCUT2D eigenvalue weighted by Crippen LogP contribution is -2.17. The second-order valence-electron chi connectivity index (χ2n) is 4.56. The van der Waals surface area contributed by atoms with Gasteiger partial charge in [-0.3, -0.25) is 4.79 Å². The van der Waals surface area contributed by atoms with E-state index in [9.17, 15) is 17.8 Å². The van der Waals surface area contributed by atoms with Crippen molar-refractivity contribution in [3.8, 4) is 0 Å². The van der Waals surface area contributed by atoms with Crippen molar-refractivity contribution in [1.82, 2.24) is 0 Å². The number of hydrogen-bond acceptors (Lipinski definition) is 2. The maximum Gasteiger partial charge on any atom is 0.255 e. The van der Waals surface area contributed by atoms with Crippen molar-refractivity contribution >= 4 is 15.8 Å². The summed E-state index contributed by atoms with van der Waals surface area (Å²) in [6, 6.07) is 2.36. The Morgan fingerprint density at radius 2 is 2.05 bits per heavy atom. The van der Waals surface area contributed by atoms with Crippen LogP contribution in [0.2, 0.25) is 0 Å². The third-order valence-electron chi connectivity index (χ3n) is 2.38. The summed E-state index contributed by atoms with van der Waals surface area (Å²) in [6.07, 6.45) is 0.631. The van der Waals surface area contributed by atoms with Crippen molar-refractivity contribution in [2.24, 2.45) is 15.4 Å². The normalized spacial score (nSPS) is 14.2. The highest BCUT2D eigenvalue weighted by Gasteiger charge is 2.16. The van der Waals surface area contributed by atoms with Gasteiger partial charge in [-0.1, -0.05) is 13.8 Å². The molecule has 1 aromatic carbocycles. The number of carbonyl (C=O) groups excluding carboxylic acids is 1. The van der Waals surface area contributed by atoms with E-state index in [0.717, 1.165) is 12.1 Å². The molecule has 19 heavy (non-hydrogen) atoms. The van der Waals surface area contributed by atoms with Crippen LogP contribution in [0.5, 0.6) is 0 Å². The molecule has 1 unspecified atom stereocenters. The topological polar surface area (TPSA) is 72.5 Å². The van der Waals surface area contributed by atoms with Gasteiger partial charge in [-0.25, -0.2) is 18.1 Å². The van der Waals surface area contributed by atoms with Crippen LogP contribution >= 0.6 is 0 Å². The first-order chi connectivity index (χ1) is 8.72. The number of nitrogens with two attached hydrogens (primary N) is 1. The second kappa shape index (κ2) is 6.21. The van der Waals surface area contributed by atoms with Crippen LogP contribution in [0.4, 0.5) is 8.78 Å². The minimum atomic E-state index is -3.75. The average molecular weight is 290 g/mol. The molecule has 106 valence electrons. The average Bonchev–Trinajstić information content (AvgIpc) is 2.29. The summed E-state index contributed by atoms with van der Waals surface area (Å²) in [5.41, 5.74) is 0. The van der Waals surface area contributed by atoms with Crippen molar-refractivity contribution in [2.45, 2.75) is 31.6 Å². The number of nitrogens with zero attached hydrogens (tertiary/aromatic N) is 1. The van der Waals surface area contributed by atoms with Gasteiger partial charge in [-0.05, 0) is 30.5 Å². The molecule has 0 fully saturated rings. The Balaban J connectivity index is 3.06. The van der Waals surface area contributed by atoms with Crippen LogP contribution in [-0.4, -0.2) is 10.1 Å². The molecule has 0 aliphatic rings. The van der Waals surface area contributed by atoms with Gasteiger partial charge in [0.05, 0.1) is 0 Å². The molecule has 4 nitrogen and oxygen atoms in total. The molecule has 0 spiro atoms. The SMILES string of the molecule is CC(C)CCC(=O)N=S(N)(=O)c1cc(F)ccc1F. The first-order valence-corrected chi connectivity index (χ1v) is 7.33. The lowest BCUT2D eigenvalue weighted by Gasteiger charge is -2.06. The molecule has 1 aromatic rings. The summed E-state index contributed by atoms with van der Waals surface area (Å²) < 4.78 is 41.7. The number of benzene rings is 1. The molecule has 0 bridgehead atoms. The van der Waals surface area contributed by atoms with Crippen LogP contribution in [0.25, 0.3) is 0 Å². The minimum absolute atomic E-state index is 0.0722. The number of amides is 1. The zero-order valence-electron chi connectivity index (χ0n) is 10.7. The van der Waals surface area contributed by atoms with E-state index >= 15 is 0 Å². The van der Waals surface area contributed by atoms with Gasteiger partial charge >= 0.3 is 0 Å². The van der Waals surface area contributed by atoms with Crippen molar-refractivity contribution in [1.29, 1.82) is 0 Å². The summed E-state index contributed by atoms with van der Waals surface area (Å²) in [4.78, 5) is 10.9. The van der Waals surface area contributed by atoms with Gasteiger partial charge < -0.3 is 0 Å². The third kappa shape index (κ3) is 4.68. The van der Waals surface area contributed by atoms with Gasteiger partial charge in [0.1, 0.15) is 26.4 Å². The highest BCUT2D eigenvalue weighted by molar-refractivity contribution is 7.91. The molecule has 1 amide bonds. The van der Waals surface area contributed by atoms with Crippen molar-refractivity contribution in [3.63, 3.8) is 0 Å². The third-order valence-corrected chi connectivity index (χ3v) is 3.80. The Kier molecular flexibility index (Phi) is 5.13. The molecule has 0 saturated carbocycles. The molecule has 1 rings (SSSR count). The molecule has 0 radical (unpaired) electrons. The van der Waals surface area contributed by atoms with Gasteiger partial charge in [0.25, 0.3) is 5.91 Å². The lowest BCUT2D eigenvalue weighted by atomic mass is 10.1. The molecule has 0 aromatic heterocycles. The zero-order valence-corrected chi connectivity index (χ0v) is 11.5. The molecule has 0 aliphatic carbocycles. The van der Waals surface area contributed by atoms with E-state index in [4.69, 9.17) is 5.14 Å². The van der Waals surface area contributed by atoms with Crippen LogP contribution in [0.15, 0.2) is 27.5 Å². The van der Waals surface area contributed by atoms with Crippen LogP contribution in [0, 0.1) is 17.6 Å². The largest absolute Gasteiger partial charge is 0.272 e. The quantitative estimate of drug-likeness (QED) is 0.925. The molecular weight excluding hydrogens is 274 g/mol. The van der Waals surface area contributed by atoms with Gasteiger partial charge in [0.2, 0.25) is 0 Å². The van der Waals surface area contributed by atoms with Gasteiger partial charge in [0.15, 0.2) is 0 Å². The van der Waals surface area contributed by atoms with Crippen molar-refractivity contribution < 1.29 is 17.8 Å². The van der Waals surface area contributed by atoms with E-state index < -0.39 is 32.4 Å². The molecule has 0 saturated heterocycles. The molecule has 2 N–H and O–H groups in total. The van der Waals surface area contributed by atoms with Crippen molar-refractivity contribution in [2.75, 3.05) is 0 Å². The summed E-state index contributed by atoms with van der Waals surface area (Å²) in [5.74, 6) is -2.14. The van der Waals surface area contributed by atoms with Crippen LogP contribution in [0.3, 0.4) is 0 Å². The smallest absolute Gasteiger partial charge is 0.255 e. The molecular formula is C12H16F2N2O2S. The second-order valence-corrected chi connectivity index (χ2v) is 6.32. The fourth-order valence-corrected chi connectivity index (χ4v) is 2.48. The summed E-state index contributed by atoms with van der Waals surface area (Å²) in [7, 11) is -3.75. The van der Waals surface area contributed by atoms with E-state index in [2.05, 4.69) is 4.36 Å². The van der Waals surface area contributed by atoms with Crippen LogP contribution in [0.1, 0.15) is 26.7 Å².